The van der Waals surface area contributed by atoms with Crippen molar-refractivity contribution in [3.05, 3.63) is 64.2 Å². The molecule has 2 aromatic rings. The summed E-state index contributed by atoms with van der Waals surface area (Å²) in [4.78, 5) is 0. The Bertz CT molecular complexity index is 619. The molecular weight excluding hydrogens is 258 g/mol. The molecular formula is C19H25NO. The maximum atomic E-state index is 5.31. The predicted molar refractivity (Wildman–Crippen MR) is 89.2 cm³/mol. The van der Waals surface area contributed by atoms with Gasteiger partial charge in [0.15, 0.2) is 0 Å². The van der Waals surface area contributed by atoms with Crippen molar-refractivity contribution >= 4 is 0 Å². The summed E-state index contributed by atoms with van der Waals surface area (Å²) < 4.78 is 5.31. The highest BCUT2D eigenvalue weighted by atomic mass is 16.5. The Labute approximate surface area is 128 Å². The van der Waals surface area contributed by atoms with Gasteiger partial charge < -0.3 is 10.1 Å². The van der Waals surface area contributed by atoms with Crippen LogP contribution in [0.15, 0.2) is 36.4 Å². The Hall–Kier alpha value is -1.80. The number of hydrogen-bond acceptors (Lipinski definition) is 2. The third-order valence-corrected chi connectivity index (χ3v) is 3.93. The van der Waals surface area contributed by atoms with Crippen molar-refractivity contribution in [2.24, 2.45) is 0 Å². The molecule has 2 aromatic carbocycles. The van der Waals surface area contributed by atoms with Crippen LogP contribution in [0, 0.1) is 20.8 Å². The third-order valence-electron chi connectivity index (χ3n) is 3.93. The Morgan fingerprint density at radius 1 is 0.952 bits per heavy atom. The Balaban J connectivity index is 2.48. The molecule has 2 heteroatoms. The summed E-state index contributed by atoms with van der Waals surface area (Å²) in [7, 11) is 1.71. The second-order valence-corrected chi connectivity index (χ2v) is 5.57. The minimum atomic E-state index is 0.224. The molecule has 0 heterocycles. The second kappa shape index (κ2) is 6.77. The van der Waals surface area contributed by atoms with Gasteiger partial charge in [0, 0.05) is 0 Å². The molecule has 0 bridgehead atoms. The van der Waals surface area contributed by atoms with E-state index in [-0.39, 0.29) is 6.04 Å². The maximum Gasteiger partial charge on any atom is 0.119 e. The standard InChI is InChI=1S/C19H25NO/c1-6-20-19(17-9-7-13(2)11-14(17)3)18-10-8-16(21-5)12-15(18)4/h7-12,19-20H,6H2,1-5H3. The molecule has 1 unspecified atom stereocenters. The van der Waals surface area contributed by atoms with Crippen LogP contribution in [-0.2, 0) is 0 Å². The molecule has 1 atom stereocenters. The molecule has 0 aliphatic carbocycles. The zero-order valence-corrected chi connectivity index (χ0v) is 13.7. The molecule has 0 aromatic heterocycles. The van der Waals surface area contributed by atoms with E-state index in [1.165, 1.54) is 27.8 Å². The van der Waals surface area contributed by atoms with Crippen molar-refractivity contribution in [2.75, 3.05) is 13.7 Å². The second-order valence-electron chi connectivity index (χ2n) is 5.57. The lowest BCUT2D eigenvalue weighted by Crippen LogP contribution is -2.23. The number of rotatable bonds is 5. The van der Waals surface area contributed by atoms with E-state index in [2.05, 4.69) is 63.3 Å². The van der Waals surface area contributed by atoms with Crippen LogP contribution in [0.25, 0.3) is 0 Å². The average molecular weight is 283 g/mol. The summed E-state index contributed by atoms with van der Waals surface area (Å²) in [6, 6.07) is 13.2. The summed E-state index contributed by atoms with van der Waals surface area (Å²) in [5.74, 6) is 0.909. The summed E-state index contributed by atoms with van der Waals surface area (Å²) >= 11 is 0. The minimum absolute atomic E-state index is 0.224. The lowest BCUT2D eigenvalue weighted by molar-refractivity contribution is 0.414. The molecule has 1 N–H and O–H groups in total. The Morgan fingerprint density at radius 2 is 1.57 bits per heavy atom. The molecule has 2 nitrogen and oxygen atoms in total. The van der Waals surface area contributed by atoms with E-state index in [0.29, 0.717) is 0 Å². The fraction of sp³-hybridized carbons (Fsp3) is 0.368. The van der Waals surface area contributed by atoms with Gasteiger partial charge in [0.05, 0.1) is 13.2 Å². The lowest BCUT2D eigenvalue weighted by Gasteiger charge is -2.23. The van der Waals surface area contributed by atoms with Crippen LogP contribution in [0.1, 0.15) is 40.8 Å². The molecule has 0 fully saturated rings. The maximum absolute atomic E-state index is 5.31. The van der Waals surface area contributed by atoms with Crippen molar-refractivity contribution < 1.29 is 4.74 Å². The van der Waals surface area contributed by atoms with E-state index < -0.39 is 0 Å². The van der Waals surface area contributed by atoms with Crippen LogP contribution >= 0.6 is 0 Å². The van der Waals surface area contributed by atoms with Crippen LogP contribution in [0.3, 0.4) is 0 Å². The third kappa shape index (κ3) is 3.45. The van der Waals surface area contributed by atoms with Gasteiger partial charge in [0.1, 0.15) is 5.75 Å². The number of hydrogen-bond donors (Lipinski definition) is 1. The van der Waals surface area contributed by atoms with E-state index in [4.69, 9.17) is 4.74 Å². The molecule has 112 valence electrons. The van der Waals surface area contributed by atoms with Crippen molar-refractivity contribution in [3.63, 3.8) is 0 Å². The molecule has 0 radical (unpaired) electrons. The normalized spacial score (nSPS) is 12.2. The smallest absolute Gasteiger partial charge is 0.119 e. The van der Waals surface area contributed by atoms with Crippen LogP contribution in [0.4, 0.5) is 0 Å². The number of aryl methyl sites for hydroxylation is 3. The molecule has 2 rings (SSSR count). The molecule has 0 saturated heterocycles. The zero-order valence-electron chi connectivity index (χ0n) is 13.7. The quantitative estimate of drug-likeness (QED) is 0.882. The zero-order chi connectivity index (χ0) is 15.4. The van der Waals surface area contributed by atoms with Gasteiger partial charge in [-0.15, -0.1) is 0 Å². The largest absolute Gasteiger partial charge is 0.497 e. The van der Waals surface area contributed by atoms with Crippen molar-refractivity contribution in [3.8, 4) is 5.75 Å². The van der Waals surface area contributed by atoms with Crippen LogP contribution in [0.2, 0.25) is 0 Å². The first-order valence-corrected chi connectivity index (χ1v) is 7.52. The summed E-state index contributed by atoms with van der Waals surface area (Å²) in [6.45, 7) is 9.55. The lowest BCUT2D eigenvalue weighted by atomic mass is 9.91. The molecule has 21 heavy (non-hydrogen) atoms. The van der Waals surface area contributed by atoms with E-state index in [1.807, 2.05) is 6.07 Å². The highest BCUT2D eigenvalue weighted by molar-refractivity contribution is 5.44. The van der Waals surface area contributed by atoms with Crippen LogP contribution in [0.5, 0.6) is 5.75 Å². The molecule has 0 amide bonds. The van der Waals surface area contributed by atoms with Gasteiger partial charge in [0.25, 0.3) is 0 Å². The van der Waals surface area contributed by atoms with Crippen LogP contribution < -0.4 is 10.1 Å². The van der Waals surface area contributed by atoms with Gasteiger partial charge in [-0.2, -0.15) is 0 Å². The SMILES string of the molecule is CCNC(c1ccc(C)cc1C)c1ccc(OC)cc1C. The van der Waals surface area contributed by atoms with Crippen molar-refractivity contribution in [1.29, 1.82) is 0 Å². The van der Waals surface area contributed by atoms with Gasteiger partial charge in [-0.05, 0) is 61.7 Å². The highest BCUT2D eigenvalue weighted by Gasteiger charge is 2.17. The van der Waals surface area contributed by atoms with E-state index in [1.54, 1.807) is 7.11 Å². The number of ether oxygens (including phenoxy) is 1. The van der Waals surface area contributed by atoms with Crippen molar-refractivity contribution in [1.82, 2.24) is 5.32 Å². The first kappa shape index (κ1) is 15.6. The predicted octanol–water partition coefficient (Wildman–Crippen LogP) is 4.32. The van der Waals surface area contributed by atoms with Gasteiger partial charge in [0.2, 0.25) is 0 Å². The first-order valence-electron chi connectivity index (χ1n) is 7.52. The molecule has 0 spiro atoms. The van der Waals surface area contributed by atoms with Gasteiger partial charge in [-0.25, -0.2) is 0 Å². The minimum Gasteiger partial charge on any atom is -0.497 e. The fourth-order valence-corrected chi connectivity index (χ4v) is 2.84. The number of nitrogens with one attached hydrogen (secondary N) is 1. The van der Waals surface area contributed by atoms with E-state index >= 15 is 0 Å². The summed E-state index contributed by atoms with van der Waals surface area (Å²) in [6.07, 6.45) is 0. The molecule has 0 aliphatic heterocycles. The Kier molecular flexibility index (Phi) is 5.03. The molecule has 0 aliphatic rings. The van der Waals surface area contributed by atoms with Crippen molar-refractivity contribution in [2.45, 2.75) is 33.7 Å². The van der Waals surface area contributed by atoms with Gasteiger partial charge in [-0.3, -0.25) is 0 Å². The van der Waals surface area contributed by atoms with Crippen LogP contribution in [-0.4, -0.2) is 13.7 Å². The number of benzene rings is 2. The topological polar surface area (TPSA) is 21.3 Å². The van der Waals surface area contributed by atoms with Gasteiger partial charge in [-0.1, -0.05) is 36.8 Å². The first-order chi connectivity index (χ1) is 10.1. The molecule has 0 saturated carbocycles. The van der Waals surface area contributed by atoms with E-state index in [9.17, 15) is 0 Å². The Morgan fingerprint density at radius 3 is 2.10 bits per heavy atom. The summed E-state index contributed by atoms with van der Waals surface area (Å²) in [5, 5.41) is 3.61. The van der Waals surface area contributed by atoms with Gasteiger partial charge >= 0.3 is 0 Å². The summed E-state index contributed by atoms with van der Waals surface area (Å²) in [5.41, 5.74) is 6.54. The van der Waals surface area contributed by atoms with E-state index in [0.717, 1.165) is 12.3 Å². The highest BCUT2D eigenvalue weighted by Crippen LogP contribution is 2.29. The number of methoxy groups -OCH3 is 1. The monoisotopic (exact) mass is 283 g/mol. The average Bonchev–Trinajstić information content (AvgIpc) is 2.46. The fourth-order valence-electron chi connectivity index (χ4n) is 2.84.